The van der Waals surface area contributed by atoms with Crippen molar-refractivity contribution in [1.82, 2.24) is 9.97 Å². The van der Waals surface area contributed by atoms with E-state index in [1.165, 1.54) is 12.1 Å². The Balaban J connectivity index is 2.19. The number of nitrogens with zero attached hydrogens (tertiary/aromatic N) is 1. The summed E-state index contributed by atoms with van der Waals surface area (Å²) < 4.78 is 13.8. The highest BCUT2D eigenvalue weighted by Gasteiger charge is 2.08. The summed E-state index contributed by atoms with van der Waals surface area (Å²) in [5, 5.41) is 0. The fourth-order valence-corrected chi connectivity index (χ4v) is 2.62. The molecule has 1 N–H and O–H groups in total. The second-order valence-corrected chi connectivity index (χ2v) is 5.09. The van der Waals surface area contributed by atoms with E-state index in [4.69, 9.17) is 0 Å². The van der Waals surface area contributed by atoms with Gasteiger partial charge in [0, 0.05) is 10.0 Å². The predicted octanol–water partition coefficient (Wildman–Crippen LogP) is 4.44. The number of aryl methyl sites for hydroxylation is 1. The summed E-state index contributed by atoms with van der Waals surface area (Å²) in [6.45, 7) is 2.03. The molecule has 0 aliphatic heterocycles. The highest BCUT2D eigenvalue weighted by Crippen LogP contribution is 2.27. The molecule has 0 unspecified atom stereocenters. The molecule has 2 aromatic carbocycles. The third-order valence-corrected chi connectivity index (χ3v) is 3.41. The van der Waals surface area contributed by atoms with Crippen molar-refractivity contribution in [2.45, 2.75) is 6.92 Å². The Labute approximate surface area is 112 Å². The molecule has 90 valence electrons. The van der Waals surface area contributed by atoms with Gasteiger partial charge < -0.3 is 4.98 Å². The number of halogens is 2. The Morgan fingerprint density at radius 3 is 2.61 bits per heavy atom. The van der Waals surface area contributed by atoms with Gasteiger partial charge in [-0.3, -0.25) is 0 Å². The summed E-state index contributed by atoms with van der Waals surface area (Å²) in [6.07, 6.45) is 0. The molecule has 0 atom stereocenters. The molecule has 3 aromatic rings. The minimum atomic E-state index is -0.244. The van der Waals surface area contributed by atoms with Crippen LogP contribution in [-0.4, -0.2) is 9.97 Å². The number of fused-ring (bicyclic) bond motifs is 1. The molecule has 0 aliphatic rings. The molecule has 0 spiro atoms. The average Bonchev–Trinajstić information content (AvgIpc) is 2.74. The van der Waals surface area contributed by atoms with Gasteiger partial charge in [0.05, 0.1) is 5.52 Å². The van der Waals surface area contributed by atoms with E-state index in [0.29, 0.717) is 0 Å². The number of aromatic nitrogens is 2. The van der Waals surface area contributed by atoms with Gasteiger partial charge >= 0.3 is 0 Å². The van der Waals surface area contributed by atoms with Crippen molar-refractivity contribution in [3.63, 3.8) is 0 Å². The van der Waals surface area contributed by atoms with Gasteiger partial charge in [-0.2, -0.15) is 0 Å². The van der Waals surface area contributed by atoms with Crippen LogP contribution >= 0.6 is 15.9 Å². The topological polar surface area (TPSA) is 28.7 Å². The maximum Gasteiger partial charge on any atom is 0.138 e. The van der Waals surface area contributed by atoms with E-state index < -0.39 is 0 Å². The molecular formula is C14H10BrFN2. The smallest absolute Gasteiger partial charge is 0.138 e. The van der Waals surface area contributed by atoms with Gasteiger partial charge in [-0.1, -0.05) is 0 Å². The molecule has 0 fully saturated rings. The monoisotopic (exact) mass is 304 g/mol. The molecule has 0 aliphatic carbocycles. The van der Waals surface area contributed by atoms with Gasteiger partial charge in [0.15, 0.2) is 0 Å². The Morgan fingerprint density at radius 2 is 1.89 bits per heavy atom. The van der Waals surface area contributed by atoms with Crippen molar-refractivity contribution in [3.8, 4) is 11.4 Å². The summed E-state index contributed by atoms with van der Waals surface area (Å²) in [5.74, 6) is 0.503. The third-order valence-electron chi connectivity index (χ3n) is 2.80. The van der Waals surface area contributed by atoms with E-state index in [2.05, 4.69) is 25.9 Å². The summed E-state index contributed by atoms with van der Waals surface area (Å²) in [4.78, 5) is 7.78. The number of H-pyrrole nitrogens is 1. The number of benzene rings is 2. The third kappa shape index (κ3) is 1.93. The highest BCUT2D eigenvalue weighted by atomic mass is 79.9. The Hall–Kier alpha value is -1.68. The van der Waals surface area contributed by atoms with Crippen LogP contribution in [0.4, 0.5) is 4.39 Å². The maximum absolute atomic E-state index is 12.9. The zero-order valence-corrected chi connectivity index (χ0v) is 11.3. The van der Waals surface area contributed by atoms with Gasteiger partial charge in [-0.15, -0.1) is 0 Å². The Morgan fingerprint density at radius 1 is 1.17 bits per heavy atom. The van der Waals surface area contributed by atoms with Crippen molar-refractivity contribution in [3.05, 3.63) is 52.3 Å². The van der Waals surface area contributed by atoms with Crippen LogP contribution in [-0.2, 0) is 0 Å². The number of nitrogens with one attached hydrogen (secondary N) is 1. The largest absolute Gasteiger partial charge is 0.338 e. The summed E-state index contributed by atoms with van der Waals surface area (Å²) in [7, 11) is 0. The SMILES string of the molecule is Cc1cc(Br)c2nc(-c3ccc(F)cc3)[nH]c2c1. The van der Waals surface area contributed by atoms with Crippen LogP contribution in [0.15, 0.2) is 40.9 Å². The molecule has 0 radical (unpaired) electrons. The molecule has 3 rings (SSSR count). The number of hydrogen-bond donors (Lipinski definition) is 1. The molecular weight excluding hydrogens is 295 g/mol. The first kappa shape index (κ1) is 11.4. The van der Waals surface area contributed by atoms with Gasteiger partial charge in [-0.25, -0.2) is 9.37 Å². The first-order chi connectivity index (χ1) is 8.63. The van der Waals surface area contributed by atoms with Gasteiger partial charge in [-0.05, 0) is 64.8 Å². The lowest BCUT2D eigenvalue weighted by Gasteiger charge is -1.94. The zero-order valence-electron chi connectivity index (χ0n) is 9.67. The second-order valence-electron chi connectivity index (χ2n) is 4.24. The minimum absolute atomic E-state index is 0.244. The van der Waals surface area contributed by atoms with Crippen molar-refractivity contribution in [2.24, 2.45) is 0 Å². The molecule has 0 saturated heterocycles. The number of rotatable bonds is 1. The van der Waals surface area contributed by atoms with Crippen LogP contribution in [0, 0.1) is 12.7 Å². The van der Waals surface area contributed by atoms with Crippen LogP contribution in [0.3, 0.4) is 0 Å². The molecule has 0 amide bonds. The van der Waals surface area contributed by atoms with E-state index in [0.717, 1.165) is 32.5 Å². The van der Waals surface area contributed by atoms with Gasteiger partial charge in [0.25, 0.3) is 0 Å². The normalized spacial score (nSPS) is 11.1. The highest BCUT2D eigenvalue weighted by molar-refractivity contribution is 9.10. The lowest BCUT2D eigenvalue weighted by Crippen LogP contribution is -1.80. The van der Waals surface area contributed by atoms with E-state index in [1.54, 1.807) is 12.1 Å². The summed E-state index contributed by atoms with van der Waals surface area (Å²) in [5.41, 5.74) is 3.89. The first-order valence-corrected chi connectivity index (χ1v) is 6.34. The molecule has 1 heterocycles. The fourth-order valence-electron chi connectivity index (χ4n) is 1.96. The lowest BCUT2D eigenvalue weighted by molar-refractivity contribution is 0.628. The zero-order chi connectivity index (χ0) is 12.7. The van der Waals surface area contributed by atoms with Crippen LogP contribution in [0.25, 0.3) is 22.4 Å². The number of aromatic amines is 1. The van der Waals surface area contributed by atoms with Crippen molar-refractivity contribution < 1.29 is 4.39 Å². The van der Waals surface area contributed by atoms with Crippen molar-refractivity contribution in [1.29, 1.82) is 0 Å². The fraction of sp³-hybridized carbons (Fsp3) is 0.0714. The van der Waals surface area contributed by atoms with Crippen LogP contribution < -0.4 is 0 Å². The number of hydrogen-bond acceptors (Lipinski definition) is 1. The van der Waals surface area contributed by atoms with Crippen LogP contribution in [0.1, 0.15) is 5.56 Å². The summed E-state index contributed by atoms with van der Waals surface area (Å²) >= 11 is 3.50. The van der Waals surface area contributed by atoms with E-state index in [-0.39, 0.29) is 5.82 Å². The van der Waals surface area contributed by atoms with Gasteiger partial charge in [0.2, 0.25) is 0 Å². The first-order valence-electron chi connectivity index (χ1n) is 5.55. The van der Waals surface area contributed by atoms with Crippen LogP contribution in [0.5, 0.6) is 0 Å². The standard InChI is InChI=1S/C14H10BrFN2/c1-8-6-11(15)13-12(7-8)17-14(18-13)9-2-4-10(16)5-3-9/h2-7H,1H3,(H,17,18). The van der Waals surface area contributed by atoms with E-state index in [1.807, 2.05) is 19.1 Å². The van der Waals surface area contributed by atoms with Crippen molar-refractivity contribution in [2.75, 3.05) is 0 Å². The Kier molecular flexibility index (Phi) is 2.67. The summed E-state index contributed by atoms with van der Waals surface area (Å²) in [6, 6.07) is 10.4. The van der Waals surface area contributed by atoms with Gasteiger partial charge in [0.1, 0.15) is 17.2 Å². The van der Waals surface area contributed by atoms with Crippen LogP contribution in [0.2, 0.25) is 0 Å². The molecule has 0 saturated carbocycles. The quantitative estimate of drug-likeness (QED) is 0.707. The predicted molar refractivity (Wildman–Crippen MR) is 73.9 cm³/mol. The van der Waals surface area contributed by atoms with Crippen molar-refractivity contribution >= 4 is 27.0 Å². The van der Waals surface area contributed by atoms with E-state index in [9.17, 15) is 4.39 Å². The number of imidazole rings is 1. The molecule has 2 nitrogen and oxygen atoms in total. The lowest BCUT2D eigenvalue weighted by atomic mass is 10.2. The molecule has 18 heavy (non-hydrogen) atoms. The molecule has 4 heteroatoms. The molecule has 1 aromatic heterocycles. The Bertz CT molecular complexity index is 716. The second kappa shape index (κ2) is 4.21. The minimum Gasteiger partial charge on any atom is -0.338 e. The van der Waals surface area contributed by atoms with E-state index >= 15 is 0 Å². The molecule has 0 bridgehead atoms. The average molecular weight is 305 g/mol. The maximum atomic E-state index is 12.9.